The van der Waals surface area contributed by atoms with Crippen LogP contribution in [0, 0.1) is 6.92 Å². The highest BCUT2D eigenvalue weighted by atomic mass is 16.5. The van der Waals surface area contributed by atoms with E-state index in [2.05, 4.69) is 17.4 Å². The van der Waals surface area contributed by atoms with Gasteiger partial charge in [-0.3, -0.25) is 0 Å². The van der Waals surface area contributed by atoms with Crippen molar-refractivity contribution >= 4 is 12.1 Å². The van der Waals surface area contributed by atoms with E-state index in [1.165, 1.54) is 0 Å². The molecule has 2 N–H and O–H groups in total. The quantitative estimate of drug-likeness (QED) is 0.332. The lowest BCUT2D eigenvalue weighted by atomic mass is 9.96. The molecule has 0 saturated carbocycles. The van der Waals surface area contributed by atoms with Crippen LogP contribution >= 0.6 is 0 Å². The molecule has 36 heavy (non-hydrogen) atoms. The number of carbonyl (C=O) groups excluding carboxylic acids is 1. The predicted molar refractivity (Wildman–Crippen MR) is 140 cm³/mol. The number of benzene rings is 4. The number of rotatable bonds is 7. The van der Waals surface area contributed by atoms with E-state index in [-0.39, 0.29) is 18.9 Å². The topological polar surface area (TPSA) is 75.6 Å². The Morgan fingerprint density at radius 2 is 1.44 bits per heavy atom. The van der Waals surface area contributed by atoms with E-state index in [9.17, 15) is 14.7 Å². The third-order valence-electron chi connectivity index (χ3n) is 6.75. The molecule has 0 spiro atoms. The molecule has 1 amide bonds. The Labute approximate surface area is 210 Å². The molecule has 1 aliphatic carbocycles. The van der Waals surface area contributed by atoms with Gasteiger partial charge < -0.3 is 15.2 Å². The van der Waals surface area contributed by atoms with Crippen molar-refractivity contribution in [2.24, 2.45) is 0 Å². The summed E-state index contributed by atoms with van der Waals surface area (Å²) in [5.74, 6) is -1.19. The van der Waals surface area contributed by atoms with Gasteiger partial charge >= 0.3 is 12.1 Å². The van der Waals surface area contributed by atoms with Gasteiger partial charge in [-0.15, -0.1) is 0 Å². The molecule has 1 aliphatic rings. The van der Waals surface area contributed by atoms with Gasteiger partial charge in [-0.1, -0.05) is 97.1 Å². The number of hydrogen-bond donors (Lipinski definition) is 2. The number of carboxylic acids is 1. The Kier molecular flexibility index (Phi) is 6.54. The number of aryl methyl sites for hydroxylation is 1. The van der Waals surface area contributed by atoms with Crippen molar-refractivity contribution in [1.82, 2.24) is 5.32 Å². The van der Waals surface area contributed by atoms with E-state index in [4.69, 9.17) is 4.74 Å². The SMILES string of the molecule is Cc1cc(C[C@H](NC(=O)OCC2c3ccccc3-c3ccccc32)C(=O)O)ccc1-c1ccccc1. The van der Waals surface area contributed by atoms with E-state index in [0.717, 1.165) is 44.5 Å². The molecule has 4 aromatic carbocycles. The Bertz CT molecular complexity index is 1370. The van der Waals surface area contributed by atoms with Gasteiger partial charge in [0, 0.05) is 12.3 Å². The lowest BCUT2D eigenvalue weighted by molar-refractivity contribution is -0.139. The molecule has 0 aliphatic heterocycles. The highest BCUT2D eigenvalue weighted by Gasteiger charge is 2.29. The van der Waals surface area contributed by atoms with E-state index < -0.39 is 18.1 Å². The number of alkyl carbamates (subject to hydrolysis) is 1. The van der Waals surface area contributed by atoms with Gasteiger partial charge in [0.2, 0.25) is 0 Å². The Morgan fingerprint density at radius 3 is 2.06 bits per heavy atom. The van der Waals surface area contributed by atoms with Crippen LogP contribution in [0.25, 0.3) is 22.3 Å². The first-order chi connectivity index (χ1) is 17.5. The fraction of sp³-hybridized carbons (Fsp3) is 0.161. The second-order valence-corrected chi connectivity index (χ2v) is 9.08. The van der Waals surface area contributed by atoms with Crippen LogP contribution in [0.15, 0.2) is 97.1 Å². The average Bonchev–Trinajstić information content (AvgIpc) is 3.21. The van der Waals surface area contributed by atoms with E-state index in [1.807, 2.05) is 91.9 Å². The Balaban J connectivity index is 1.25. The van der Waals surface area contributed by atoms with Crippen LogP contribution in [0.2, 0.25) is 0 Å². The molecule has 0 heterocycles. The molecule has 0 saturated heterocycles. The summed E-state index contributed by atoms with van der Waals surface area (Å²) in [6.07, 6.45) is -0.572. The molecule has 1 atom stereocenters. The summed E-state index contributed by atoms with van der Waals surface area (Å²) in [6, 6.07) is 31.0. The lowest BCUT2D eigenvalue weighted by Gasteiger charge is -2.18. The summed E-state index contributed by atoms with van der Waals surface area (Å²) in [7, 11) is 0. The van der Waals surface area contributed by atoms with Crippen molar-refractivity contribution in [3.63, 3.8) is 0 Å². The van der Waals surface area contributed by atoms with Gasteiger partial charge in [0.25, 0.3) is 0 Å². The molecule has 0 fully saturated rings. The third-order valence-corrected chi connectivity index (χ3v) is 6.75. The number of ether oxygens (including phenoxy) is 1. The molecule has 4 aromatic rings. The lowest BCUT2D eigenvalue weighted by Crippen LogP contribution is -2.42. The normalized spacial score (nSPS) is 12.9. The largest absolute Gasteiger partial charge is 0.480 e. The first-order valence-electron chi connectivity index (χ1n) is 12.0. The first kappa shape index (κ1) is 23.4. The van der Waals surface area contributed by atoms with Gasteiger partial charge in [0.15, 0.2) is 0 Å². The van der Waals surface area contributed by atoms with Crippen molar-refractivity contribution in [1.29, 1.82) is 0 Å². The minimum absolute atomic E-state index is 0.0837. The summed E-state index contributed by atoms with van der Waals surface area (Å²) in [4.78, 5) is 24.6. The van der Waals surface area contributed by atoms with Gasteiger partial charge in [-0.2, -0.15) is 0 Å². The Morgan fingerprint density at radius 1 is 0.833 bits per heavy atom. The second-order valence-electron chi connectivity index (χ2n) is 9.08. The minimum Gasteiger partial charge on any atom is -0.480 e. The van der Waals surface area contributed by atoms with Crippen LogP contribution < -0.4 is 5.32 Å². The molecule has 0 aromatic heterocycles. The van der Waals surface area contributed by atoms with Gasteiger partial charge in [-0.05, 0) is 51.4 Å². The Hall–Kier alpha value is -4.38. The molecule has 180 valence electrons. The van der Waals surface area contributed by atoms with Crippen LogP contribution in [0.4, 0.5) is 4.79 Å². The summed E-state index contributed by atoms with van der Waals surface area (Å²) in [6.45, 7) is 2.14. The number of hydrogen-bond acceptors (Lipinski definition) is 3. The number of carboxylic acid groups (broad SMARTS) is 1. The minimum atomic E-state index is -1.10. The van der Waals surface area contributed by atoms with Crippen LogP contribution in [-0.4, -0.2) is 29.8 Å². The zero-order valence-corrected chi connectivity index (χ0v) is 20.0. The highest BCUT2D eigenvalue weighted by Crippen LogP contribution is 2.44. The zero-order valence-electron chi connectivity index (χ0n) is 20.0. The summed E-state index contributed by atoms with van der Waals surface area (Å²) in [5.41, 5.74) is 8.57. The molecule has 5 rings (SSSR count). The molecule has 0 unspecified atom stereocenters. The second kappa shape index (κ2) is 10.1. The summed E-state index contributed by atoms with van der Waals surface area (Å²) >= 11 is 0. The van der Waals surface area contributed by atoms with Crippen LogP contribution in [0.5, 0.6) is 0 Å². The zero-order chi connectivity index (χ0) is 25.1. The number of nitrogens with one attached hydrogen (secondary N) is 1. The van der Waals surface area contributed by atoms with Crippen LogP contribution in [-0.2, 0) is 16.0 Å². The third kappa shape index (κ3) is 4.73. The van der Waals surface area contributed by atoms with Crippen molar-refractivity contribution in [2.45, 2.75) is 25.3 Å². The standard InChI is InChI=1S/C31H27NO4/c1-20-17-21(15-16-23(20)22-9-3-2-4-10-22)18-29(30(33)34)32-31(35)36-19-28-26-13-7-5-11-24(26)25-12-6-8-14-27(25)28/h2-17,28-29H,18-19H2,1H3,(H,32,35)(H,33,34)/t29-/m0/s1. The number of aliphatic carboxylic acids is 1. The maximum Gasteiger partial charge on any atom is 0.407 e. The van der Waals surface area contributed by atoms with Crippen molar-refractivity contribution in [3.05, 3.63) is 119 Å². The monoisotopic (exact) mass is 477 g/mol. The van der Waals surface area contributed by atoms with E-state index in [1.54, 1.807) is 0 Å². The van der Waals surface area contributed by atoms with E-state index >= 15 is 0 Å². The number of amides is 1. The fourth-order valence-electron chi connectivity index (χ4n) is 5.01. The van der Waals surface area contributed by atoms with Gasteiger partial charge in [-0.25, -0.2) is 9.59 Å². The predicted octanol–water partition coefficient (Wildman–Crippen LogP) is 6.20. The molecule has 5 heteroatoms. The summed E-state index contributed by atoms with van der Waals surface area (Å²) in [5, 5.41) is 12.3. The molecular weight excluding hydrogens is 450 g/mol. The van der Waals surface area contributed by atoms with Crippen LogP contribution in [0.1, 0.15) is 28.2 Å². The average molecular weight is 478 g/mol. The number of fused-ring (bicyclic) bond motifs is 3. The van der Waals surface area contributed by atoms with Crippen molar-refractivity contribution in [3.8, 4) is 22.3 Å². The first-order valence-corrected chi connectivity index (χ1v) is 12.0. The molecule has 0 radical (unpaired) electrons. The van der Waals surface area contributed by atoms with Gasteiger partial charge in [0.1, 0.15) is 12.6 Å². The maximum absolute atomic E-state index is 12.6. The molecule has 5 nitrogen and oxygen atoms in total. The van der Waals surface area contributed by atoms with Gasteiger partial charge in [0.05, 0.1) is 0 Å². The molecular formula is C31H27NO4. The van der Waals surface area contributed by atoms with Crippen molar-refractivity contribution < 1.29 is 19.4 Å². The fourth-order valence-corrected chi connectivity index (χ4v) is 5.01. The van der Waals surface area contributed by atoms with Crippen LogP contribution in [0.3, 0.4) is 0 Å². The number of carbonyl (C=O) groups is 2. The van der Waals surface area contributed by atoms with Crippen molar-refractivity contribution in [2.75, 3.05) is 6.61 Å². The smallest absolute Gasteiger partial charge is 0.407 e. The maximum atomic E-state index is 12.6. The van der Waals surface area contributed by atoms with E-state index in [0.29, 0.717) is 0 Å². The highest BCUT2D eigenvalue weighted by molar-refractivity contribution is 5.81. The molecule has 0 bridgehead atoms. The summed E-state index contributed by atoms with van der Waals surface area (Å²) < 4.78 is 5.55.